The summed E-state index contributed by atoms with van der Waals surface area (Å²) in [5.74, 6) is 0.751. The molecular formula is C22H26O7. The van der Waals surface area contributed by atoms with Crippen LogP contribution in [0.2, 0.25) is 0 Å². The van der Waals surface area contributed by atoms with Gasteiger partial charge in [0, 0.05) is 0 Å². The number of esters is 2. The average molecular weight is 402 g/mol. The zero-order chi connectivity index (χ0) is 21.2. The van der Waals surface area contributed by atoms with Gasteiger partial charge in [-0.25, -0.2) is 4.79 Å². The predicted molar refractivity (Wildman–Crippen MR) is 107 cm³/mol. The van der Waals surface area contributed by atoms with E-state index in [0.29, 0.717) is 42.8 Å². The molecule has 7 nitrogen and oxygen atoms in total. The Kier molecular flexibility index (Phi) is 8.33. The smallest absolute Gasteiger partial charge is 0.343 e. The number of carbonyl (C=O) groups is 2. The number of hydrogen-bond acceptors (Lipinski definition) is 7. The lowest BCUT2D eigenvalue weighted by Gasteiger charge is -2.16. The molecule has 0 saturated carbocycles. The van der Waals surface area contributed by atoms with E-state index < -0.39 is 5.97 Å². The Labute approximate surface area is 170 Å². The third-order valence-corrected chi connectivity index (χ3v) is 3.85. The first-order valence-electron chi connectivity index (χ1n) is 9.46. The van der Waals surface area contributed by atoms with Crippen LogP contribution in [0.5, 0.6) is 23.0 Å². The van der Waals surface area contributed by atoms with Crippen molar-refractivity contribution in [3.8, 4) is 23.0 Å². The second kappa shape index (κ2) is 10.9. The predicted octanol–water partition coefficient (Wildman–Crippen LogP) is 3.82. The van der Waals surface area contributed by atoms with Crippen molar-refractivity contribution in [2.75, 3.05) is 26.9 Å². The van der Waals surface area contributed by atoms with E-state index in [-0.39, 0.29) is 18.0 Å². The Morgan fingerprint density at radius 1 is 0.828 bits per heavy atom. The quantitative estimate of drug-likeness (QED) is 0.441. The molecule has 0 aliphatic rings. The second-order valence-electron chi connectivity index (χ2n) is 5.89. The molecule has 0 spiro atoms. The van der Waals surface area contributed by atoms with Gasteiger partial charge in [0.05, 0.1) is 38.9 Å². The van der Waals surface area contributed by atoms with E-state index in [0.717, 1.165) is 5.56 Å². The molecule has 0 N–H and O–H groups in total. The van der Waals surface area contributed by atoms with Crippen molar-refractivity contribution in [3.63, 3.8) is 0 Å². The first-order chi connectivity index (χ1) is 14.0. The minimum Gasteiger partial charge on any atom is -0.490 e. The van der Waals surface area contributed by atoms with Crippen LogP contribution in [-0.4, -0.2) is 38.9 Å². The molecule has 0 fully saturated rings. The number of benzene rings is 2. The highest BCUT2D eigenvalue weighted by atomic mass is 16.5. The molecule has 2 aromatic rings. The van der Waals surface area contributed by atoms with Crippen LogP contribution < -0.4 is 18.9 Å². The van der Waals surface area contributed by atoms with Gasteiger partial charge in [0.2, 0.25) is 5.75 Å². The van der Waals surface area contributed by atoms with Crippen LogP contribution in [0.4, 0.5) is 0 Å². The van der Waals surface area contributed by atoms with Crippen molar-refractivity contribution in [1.82, 2.24) is 0 Å². The first kappa shape index (κ1) is 22.1. The minimum absolute atomic E-state index is 0.152. The number of rotatable bonds is 10. The van der Waals surface area contributed by atoms with Gasteiger partial charge in [-0.1, -0.05) is 12.1 Å². The molecule has 0 unspecified atom stereocenters. The molecule has 156 valence electrons. The summed E-state index contributed by atoms with van der Waals surface area (Å²) in [6.45, 7) is 6.80. The minimum atomic E-state index is -0.560. The molecule has 0 aliphatic carbocycles. The van der Waals surface area contributed by atoms with Crippen LogP contribution in [0.1, 0.15) is 36.7 Å². The van der Waals surface area contributed by atoms with Crippen LogP contribution in [0.25, 0.3) is 0 Å². The van der Waals surface area contributed by atoms with Crippen molar-refractivity contribution in [3.05, 3.63) is 47.5 Å². The Balaban J connectivity index is 2.23. The highest BCUT2D eigenvalue weighted by molar-refractivity contribution is 5.92. The van der Waals surface area contributed by atoms with E-state index in [2.05, 4.69) is 4.74 Å². The van der Waals surface area contributed by atoms with Crippen LogP contribution in [-0.2, 0) is 16.0 Å². The van der Waals surface area contributed by atoms with Gasteiger partial charge >= 0.3 is 11.9 Å². The normalized spacial score (nSPS) is 10.2. The summed E-state index contributed by atoms with van der Waals surface area (Å²) in [5.41, 5.74) is 1.04. The topological polar surface area (TPSA) is 80.3 Å². The van der Waals surface area contributed by atoms with Gasteiger partial charge in [-0.05, 0) is 50.6 Å². The highest BCUT2D eigenvalue weighted by Gasteiger charge is 2.19. The van der Waals surface area contributed by atoms with E-state index in [1.165, 1.54) is 7.11 Å². The fourth-order valence-corrected chi connectivity index (χ4v) is 2.59. The van der Waals surface area contributed by atoms with Crippen molar-refractivity contribution in [2.45, 2.75) is 27.2 Å². The Morgan fingerprint density at radius 2 is 1.38 bits per heavy atom. The lowest BCUT2D eigenvalue weighted by molar-refractivity contribution is -0.139. The molecule has 29 heavy (non-hydrogen) atoms. The largest absolute Gasteiger partial charge is 0.490 e. The Morgan fingerprint density at radius 3 is 1.86 bits per heavy atom. The summed E-state index contributed by atoms with van der Waals surface area (Å²) in [6, 6.07) is 9.80. The molecule has 0 saturated heterocycles. The lowest BCUT2D eigenvalue weighted by atomic mass is 10.1. The zero-order valence-electron chi connectivity index (χ0n) is 17.2. The van der Waals surface area contributed by atoms with E-state index >= 15 is 0 Å². The number of ether oxygens (including phenoxy) is 5. The number of hydrogen-bond donors (Lipinski definition) is 0. The summed E-state index contributed by atoms with van der Waals surface area (Å²) in [4.78, 5) is 24.0. The maximum absolute atomic E-state index is 12.7. The summed E-state index contributed by atoms with van der Waals surface area (Å²) in [6.07, 6.45) is 0.152. The van der Waals surface area contributed by atoms with Gasteiger partial charge in [0.25, 0.3) is 0 Å². The van der Waals surface area contributed by atoms with E-state index in [9.17, 15) is 9.59 Å². The Bertz CT molecular complexity index is 801. The van der Waals surface area contributed by atoms with Crippen molar-refractivity contribution < 1.29 is 33.3 Å². The van der Waals surface area contributed by atoms with Crippen LogP contribution in [0.15, 0.2) is 36.4 Å². The van der Waals surface area contributed by atoms with E-state index in [4.69, 9.17) is 18.9 Å². The third kappa shape index (κ3) is 6.14. The number of carbonyl (C=O) groups excluding carboxylic acids is 2. The third-order valence-electron chi connectivity index (χ3n) is 3.85. The molecular weight excluding hydrogens is 376 g/mol. The van der Waals surface area contributed by atoms with Gasteiger partial charge in [0.15, 0.2) is 11.5 Å². The van der Waals surface area contributed by atoms with Gasteiger partial charge in [-0.2, -0.15) is 0 Å². The molecule has 0 aliphatic heterocycles. The molecule has 0 atom stereocenters. The molecule has 7 heteroatoms. The second-order valence-corrected chi connectivity index (χ2v) is 5.89. The average Bonchev–Trinajstić information content (AvgIpc) is 2.71. The van der Waals surface area contributed by atoms with Gasteiger partial charge in [0.1, 0.15) is 5.75 Å². The van der Waals surface area contributed by atoms with Gasteiger partial charge < -0.3 is 23.7 Å². The van der Waals surface area contributed by atoms with Crippen molar-refractivity contribution in [1.29, 1.82) is 0 Å². The Hall–Kier alpha value is -3.22. The monoisotopic (exact) mass is 402 g/mol. The van der Waals surface area contributed by atoms with E-state index in [1.807, 2.05) is 20.8 Å². The van der Waals surface area contributed by atoms with Crippen LogP contribution in [0, 0.1) is 0 Å². The lowest BCUT2D eigenvalue weighted by Crippen LogP contribution is -2.11. The molecule has 2 aromatic carbocycles. The fourth-order valence-electron chi connectivity index (χ4n) is 2.59. The molecule has 0 aromatic heterocycles. The SMILES string of the molecule is CCOc1cc(C(=O)Oc2ccc(CC(=O)OC)cc2)cc(OCC)c1OCC. The summed E-state index contributed by atoms with van der Waals surface area (Å²) in [5, 5.41) is 0. The fraction of sp³-hybridized carbons (Fsp3) is 0.364. The molecule has 0 heterocycles. The van der Waals surface area contributed by atoms with Crippen molar-refractivity contribution in [2.24, 2.45) is 0 Å². The van der Waals surface area contributed by atoms with Crippen LogP contribution in [0.3, 0.4) is 0 Å². The number of methoxy groups -OCH3 is 1. The van der Waals surface area contributed by atoms with E-state index in [1.54, 1.807) is 36.4 Å². The summed E-state index contributed by atoms with van der Waals surface area (Å²) < 4.78 is 27.0. The first-order valence-corrected chi connectivity index (χ1v) is 9.46. The summed E-state index contributed by atoms with van der Waals surface area (Å²) in [7, 11) is 1.34. The van der Waals surface area contributed by atoms with Crippen LogP contribution >= 0.6 is 0 Å². The van der Waals surface area contributed by atoms with Crippen molar-refractivity contribution >= 4 is 11.9 Å². The molecule has 0 bridgehead atoms. The highest BCUT2D eigenvalue weighted by Crippen LogP contribution is 2.39. The standard InChI is InChI=1S/C22H26O7/c1-5-26-18-13-16(14-19(27-6-2)21(18)28-7-3)22(24)29-17-10-8-15(9-11-17)12-20(23)25-4/h8-11,13-14H,5-7,12H2,1-4H3. The molecule has 0 radical (unpaired) electrons. The zero-order valence-corrected chi connectivity index (χ0v) is 17.2. The van der Waals surface area contributed by atoms with Gasteiger partial charge in [-0.15, -0.1) is 0 Å². The molecule has 0 amide bonds. The molecule has 2 rings (SSSR count). The maximum atomic E-state index is 12.7. The summed E-state index contributed by atoms with van der Waals surface area (Å²) >= 11 is 0. The maximum Gasteiger partial charge on any atom is 0.343 e. The van der Waals surface area contributed by atoms with Gasteiger partial charge in [-0.3, -0.25) is 4.79 Å².